The van der Waals surface area contributed by atoms with Crippen molar-refractivity contribution in [3.63, 3.8) is 0 Å². The molecule has 0 nitrogen and oxygen atoms in total. The molecule has 0 N–H and O–H groups in total. The van der Waals surface area contributed by atoms with Gasteiger partial charge in [0.05, 0.1) is 0 Å². The van der Waals surface area contributed by atoms with Gasteiger partial charge in [0.1, 0.15) is 0 Å². The van der Waals surface area contributed by atoms with Crippen molar-refractivity contribution in [3.8, 4) is 0 Å². The van der Waals surface area contributed by atoms with Gasteiger partial charge in [-0.25, -0.2) is 0 Å². The maximum Gasteiger partial charge on any atom is -0.0351 e. The molecule has 0 unspecified atom stereocenters. The highest BCUT2D eigenvalue weighted by atomic mass is 14.0. The lowest BCUT2D eigenvalue weighted by atomic mass is 10.0. The Morgan fingerprint density at radius 1 is 0.588 bits per heavy atom. The fourth-order valence-electron chi connectivity index (χ4n) is 2.05. The van der Waals surface area contributed by atoms with Crippen molar-refractivity contribution in [2.24, 2.45) is 11.8 Å². The second-order valence-corrected chi connectivity index (χ2v) is 6.18. The third-order valence-corrected chi connectivity index (χ3v) is 3.22. The molecule has 0 aliphatic heterocycles. The average Bonchev–Trinajstić information content (AvgIpc) is 2.25. The van der Waals surface area contributed by atoms with Crippen molar-refractivity contribution in [3.05, 3.63) is 12.2 Å². The molecule has 17 heavy (non-hydrogen) atoms. The molecule has 0 spiro atoms. The highest BCUT2D eigenvalue weighted by Gasteiger charge is 1.94. The first-order valence-electron chi connectivity index (χ1n) is 7.78. The average molecular weight is 238 g/mol. The Balaban J connectivity index is 3.09. The van der Waals surface area contributed by atoms with Gasteiger partial charge in [-0.1, -0.05) is 72.0 Å². The van der Waals surface area contributed by atoms with Gasteiger partial charge in [0.2, 0.25) is 0 Å². The summed E-state index contributed by atoms with van der Waals surface area (Å²) in [6.45, 7) is 9.25. The first-order valence-corrected chi connectivity index (χ1v) is 7.78. The minimum absolute atomic E-state index is 0.865. The summed E-state index contributed by atoms with van der Waals surface area (Å²) < 4.78 is 0. The molecular formula is C17H34. The fraction of sp³-hybridized carbons (Fsp3) is 0.882. The number of hydrogen-bond donors (Lipinski definition) is 0. The zero-order chi connectivity index (χ0) is 12.9. The van der Waals surface area contributed by atoms with Crippen LogP contribution in [0.15, 0.2) is 12.2 Å². The quantitative estimate of drug-likeness (QED) is 0.290. The van der Waals surface area contributed by atoms with Crippen LogP contribution in [0.25, 0.3) is 0 Å². The first kappa shape index (κ1) is 16.7. The molecule has 0 aliphatic carbocycles. The molecule has 0 aromatic carbocycles. The third-order valence-electron chi connectivity index (χ3n) is 3.22. The molecule has 0 saturated heterocycles. The monoisotopic (exact) mass is 238 g/mol. The summed E-state index contributed by atoms with van der Waals surface area (Å²) in [6.07, 6.45) is 17.2. The number of hydrogen-bond acceptors (Lipinski definition) is 0. The van der Waals surface area contributed by atoms with Crippen LogP contribution < -0.4 is 0 Å². The molecule has 0 aromatic rings. The van der Waals surface area contributed by atoms with E-state index in [1.807, 2.05) is 0 Å². The van der Waals surface area contributed by atoms with Crippen molar-refractivity contribution >= 4 is 0 Å². The van der Waals surface area contributed by atoms with E-state index in [0.717, 1.165) is 11.8 Å². The molecule has 0 radical (unpaired) electrons. The van der Waals surface area contributed by atoms with Gasteiger partial charge >= 0.3 is 0 Å². The summed E-state index contributed by atoms with van der Waals surface area (Å²) in [5.41, 5.74) is 0. The lowest BCUT2D eigenvalue weighted by Gasteiger charge is -2.03. The van der Waals surface area contributed by atoms with Crippen LogP contribution in [0.5, 0.6) is 0 Å². The molecule has 0 fully saturated rings. The van der Waals surface area contributed by atoms with E-state index >= 15 is 0 Å². The van der Waals surface area contributed by atoms with Gasteiger partial charge in [0.25, 0.3) is 0 Å². The smallest absolute Gasteiger partial charge is 0.0351 e. The molecule has 0 heteroatoms. The van der Waals surface area contributed by atoms with Gasteiger partial charge in [-0.05, 0) is 37.5 Å². The number of allylic oxidation sites excluding steroid dienone is 2. The van der Waals surface area contributed by atoms with Crippen molar-refractivity contribution in [2.45, 2.75) is 85.5 Å². The standard InChI is InChI=1S/C17H34/c1-16(2)14-12-10-8-6-5-7-9-11-13-15-17(3)4/h6,8,16-17H,5,7,9-15H2,1-4H3/b8-6+. The zero-order valence-electron chi connectivity index (χ0n) is 12.7. The summed E-state index contributed by atoms with van der Waals surface area (Å²) in [5.74, 6) is 1.75. The molecule has 0 rings (SSSR count). The van der Waals surface area contributed by atoms with Crippen LogP contribution >= 0.6 is 0 Å². The van der Waals surface area contributed by atoms with Crippen LogP contribution in [0.4, 0.5) is 0 Å². The maximum absolute atomic E-state index is 2.39. The normalized spacial score (nSPS) is 12.1. The molecule has 0 atom stereocenters. The molecular weight excluding hydrogens is 204 g/mol. The van der Waals surface area contributed by atoms with Crippen LogP contribution in [-0.2, 0) is 0 Å². The Labute approximate surface area is 110 Å². The van der Waals surface area contributed by atoms with Crippen molar-refractivity contribution in [1.29, 1.82) is 0 Å². The Kier molecular flexibility index (Phi) is 12.0. The summed E-state index contributed by atoms with van der Waals surface area (Å²) in [5, 5.41) is 0. The first-order chi connectivity index (χ1) is 8.13. The maximum atomic E-state index is 2.39. The van der Waals surface area contributed by atoms with Gasteiger partial charge in [0, 0.05) is 0 Å². The third kappa shape index (κ3) is 15.7. The molecule has 0 heterocycles. The van der Waals surface area contributed by atoms with Crippen molar-refractivity contribution in [2.75, 3.05) is 0 Å². The topological polar surface area (TPSA) is 0 Å². The number of unbranched alkanes of at least 4 members (excludes halogenated alkanes) is 5. The molecule has 102 valence electrons. The molecule has 0 aromatic heterocycles. The van der Waals surface area contributed by atoms with Crippen LogP contribution in [0.2, 0.25) is 0 Å². The second-order valence-electron chi connectivity index (χ2n) is 6.18. The fourth-order valence-corrected chi connectivity index (χ4v) is 2.05. The minimum atomic E-state index is 0.865. The summed E-state index contributed by atoms with van der Waals surface area (Å²) in [4.78, 5) is 0. The summed E-state index contributed by atoms with van der Waals surface area (Å²) >= 11 is 0. The van der Waals surface area contributed by atoms with E-state index < -0.39 is 0 Å². The Bertz CT molecular complexity index is 165. The molecule has 0 saturated carbocycles. The van der Waals surface area contributed by atoms with Crippen LogP contribution in [-0.4, -0.2) is 0 Å². The molecule has 0 bridgehead atoms. The number of rotatable bonds is 11. The zero-order valence-corrected chi connectivity index (χ0v) is 12.7. The van der Waals surface area contributed by atoms with Gasteiger partial charge in [0.15, 0.2) is 0 Å². The Morgan fingerprint density at radius 3 is 1.65 bits per heavy atom. The highest BCUT2D eigenvalue weighted by molar-refractivity contribution is 4.81. The summed E-state index contributed by atoms with van der Waals surface area (Å²) in [7, 11) is 0. The molecule has 0 aliphatic rings. The van der Waals surface area contributed by atoms with E-state index in [1.54, 1.807) is 0 Å². The van der Waals surface area contributed by atoms with Gasteiger partial charge in [-0.2, -0.15) is 0 Å². The van der Waals surface area contributed by atoms with Gasteiger partial charge in [-0.15, -0.1) is 0 Å². The highest BCUT2D eigenvalue weighted by Crippen LogP contribution is 2.11. The van der Waals surface area contributed by atoms with E-state index in [0.29, 0.717) is 0 Å². The lowest BCUT2D eigenvalue weighted by Crippen LogP contribution is -1.86. The Hall–Kier alpha value is -0.260. The van der Waals surface area contributed by atoms with E-state index in [9.17, 15) is 0 Å². The largest absolute Gasteiger partial charge is 0.0885 e. The van der Waals surface area contributed by atoms with E-state index in [4.69, 9.17) is 0 Å². The Morgan fingerprint density at radius 2 is 1.06 bits per heavy atom. The van der Waals surface area contributed by atoms with Gasteiger partial charge in [-0.3, -0.25) is 0 Å². The second kappa shape index (κ2) is 12.2. The van der Waals surface area contributed by atoms with E-state index in [1.165, 1.54) is 57.8 Å². The predicted octanol–water partition coefficient (Wildman–Crippen LogP) is 6.37. The van der Waals surface area contributed by atoms with Crippen molar-refractivity contribution < 1.29 is 0 Å². The van der Waals surface area contributed by atoms with Gasteiger partial charge < -0.3 is 0 Å². The van der Waals surface area contributed by atoms with Crippen LogP contribution in [0.1, 0.15) is 85.5 Å². The summed E-state index contributed by atoms with van der Waals surface area (Å²) in [6, 6.07) is 0. The van der Waals surface area contributed by atoms with E-state index in [-0.39, 0.29) is 0 Å². The minimum Gasteiger partial charge on any atom is -0.0885 e. The predicted molar refractivity (Wildman–Crippen MR) is 80.4 cm³/mol. The molecule has 0 amide bonds. The van der Waals surface area contributed by atoms with Crippen LogP contribution in [0.3, 0.4) is 0 Å². The van der Waals surface area contributed by atoms with Crippen molar-refractivity contribution in [1.82, 2.24) is 0 Å². The SMILES string of the molecule is CC(C)CCC/C=C/CCCCCCC(C)C. The van der Waals surface area contributed by atoms with E-state index in [2.05, 4.69) is 39.8 Å². The van der Waals surface area contributed by atoms with Crippen LogP contribution in [0, 0.1) is 11.8 Å². The lowest BCUT2D eigenvalue weighted by molar-refractivity contribution is 0.521.